The highest BCUT2D eigenvalue weighted by Crippen LogP contribution is 2.33. The molecule has 1 aliphatic rings. The number of alkyl carbamates (subject to hydrolysis) is 1. The molecule has 1 aliphatic heterocycles. The highest BCUT2D eigenvalue weighted by molar-refractivity contribution is 6.20. The average Bonchev–Trinajstić information content (AvgIpc) is 3.13. The van der Waals surface area contributed by atoms with Gasteiger partial charge in [-0.3, -0.25) is 19.3 Å². The summed E-state index contributed by atoms with van der Waals surface area (Å²) < 4.78 is 89.7. The number of hydrogen-bond donors (Lipinski definition) is 3. The maximum absolute atomic E-state index is 14.1. The van der Waals surface area contributed by atoms with Crippen molar-refractivity contribution < 1.29 is 59.8 Å². The summed E-state index contributed by atoms with van der Waals surface area (Å²) in [6.45, 7) is 5.29. The second-order valence-corrected chi connectivity index (χ2v) is 12.9. The number of esters is 1. The second kappa shape index (κ2) is 16.9. The van der Waals surface area contributed by atoms with E-state index in [-0.39, 0.29) is 11.4 Å². The number of alkyl halides is 6. The first kappa shape index (κ1) is 41.3. The Bertz CT molecular complexity index is 1640. The van der Waals surface area contributed by atoms with Crippen LogP contribution < -0.4 is 21.3 Å². The Balaban J connectivity index is 2.03. The van der Waals surface area contributed by atoms with Gasteiger partial charge in [0.15, 0.2) is 6.73 Å². The van der Waals surface area contributed by atoms with Crippen LogP contribution in [0.15, 0.2) is 59.6 Å². The maximum atomic E-state index is 14.1. The number of fused-ring (bicyclic) bond motifs is 1. The molecule has 0 aromatic heterocycles. The van der Waals surface area contributed by atoms with Crippen molar-refractivity contribution in [2.24, 2.45) is 22.6 Å². The number of benzodiazepines with no additional fused rings is 1. The lowest BCUT2D eigenvalue weighted by Gasteiger charge is -2.28. The van der Waals surface area contributed by atoms with Gasteiger partial charge in [0.1, 0.15) is 11.6 Å². The number of carbonyl (C=O) groups is 5. The number of aliphatic imine (C=N–C) groups is 1. The molecule has 284 valence electrons. The molecule has 52 heavy (non-hydrogen) atoms. The summed E-state index contributed by atoms with van der Waals surface area (Å²) in [6, 6.07) is 13.1. The van der Waals surface area contributed by atoms with Gasteiger partial charge in [-0.2, -0.15) is 26.3 Å². The maximum Gasteiger partial charge on any atom is 0.408 e. The van der Waals surface area contributed by atoms with Crippen LogP contribution in [0, 0.1) is 11.8 Å². The molecule has 0 saturated heterocycles. The molecule has 1 unspecified atom stereocenters. The molecular weight excluding hydrogens is 704 g/mol. The van der Waals surface area contributed by atoms with E-state index in [4.69, 9.17) is 15.2 Å². The molecule has 0 bridgehead atoms. The van der Waals surface area contributed by atoms with Crippen molar-refractivity contribution in [3.05, 3.63) is 65.7 Å². The van der Waals surface area contributed by atoms with Crippen molar-refractivity contribution >= 4 is 41.2 Å². The number of primary amides is 1. The SMILES string of the molecule is CC(NC(=O)OC(C)(C)C)C(=O)OCN1C(=O)[C@@H](NC(=O)[C@H](CCC(F)(F)F)[C@H](CCC(F)(F)F)C(N)=O)N=C(c2ccccc2)c2ccccc21. The largest absolute Gasteiger partial charge is 0.444 e. The van der Waals surface area contributed by atoms with Gasteiger partial charge in [0.05, 0.1) is 11.4 Å². The number of anilines is 1. The first-order valence-electron chi connectivity index (χ1n) is 16.0. The normalized spacial score (nSPS) is 16.7. The topological polar surface area (TPSA) is 169 Å². The molecule has 0 aliphatic carbocycles. The molecule has 3 rings (SSSR count). The summed E-state index contributed by atoms with van der Waals surface area (Å²) in [5, 5.41) is 4.51. The van der Waals surface area contributed by atoms with Crippen LogP contribution in [0.25, 0.3) is 0 Å². The van der Waals surface area contributed by atoms with Crippen LogP contribution in [0.2, 0.25) is 0 Å². The highest BCUT2D eigenvalue weighted by Gasteiger charge is 2.41. The molecule has 4 amide bonds. The summed E-state index contributed by atoms with van der Waals surface area (Å²) >= 11 is 0. The molecule has 0 saturated carbocycles. The zero-order valence-corrected chi connectivity index (χ0v) is 28.6. The van der Waals surface area contributed by atoms with Gasteiger partial charge in [-0.15, -0.1) is 0 Å². The number of para-hydroxylation sites is 1. The fourth-order valence-electron chi connectivity index (χ4n) is 5.22. The Morgan fingerprint density at radius 2 is 1.44 bits per heavy atom. The lowest BCUT2D eigenvalue weighted by Crippen LogP contribution is -2.52. The summed E-state index contributed by atoms with van der Waals surface area (Å²) in [5.41, 5.74) is 5.38. The molecule has 0 radical (unpaired) electrons. The summed E-state index contributed by atoms with van der Waals surface area (Å²) in [6.07, 6.45) is -18.0. The summed E-state index contributed by atoms with van der Waals surface area (Å²) in [7, 11) is 0. The molecule has 4 N–H and O–H groups in total. The minimum absolute atomic E-state index is 0.110. The minimum atomic E-state index is -4.86. The first-order chi connectivity index (χ1) is 24.1. The van der Waals surface area contributed by atoms with E-state index in [0.29, 0.717) is 11.1 Å². The van der Waals surface area contributed by atoms with Crippen LogP contribution in [-0.2, 0) is 28.7 Å². The average molecular weight is 744 g/mol. The number of hydrogen-bond acceptors (Lipinski definition) is 8. The Morgan fingerprint density at radius 1 is 0.885 bits per heavy atom. The third-order valence-electron chi connectivity index (χ3n) is 7.62. The third kappa shape index (κ3) is 12.3. The number of amides is 4. The van der Waals surface area contributed by atoms with Crippen molar-refractivity contribution in [1.82, 2.24) is 10.6 Å². The number of rotatable bonds is 13. The van der Waals surface area contributed by atoms with Crippen molar-refractivity contribution in [2.75, 3.05) is 11.6 Å². The van der Waals surface area contributed by atoms with Crippen LogP contribution in [0.3, 0.4) is 0 Å². The van der Waals surface area contributed by atoms with Gasteiger partial charge in [0, 0.05) is 35.8 Å². The molecule has 12 nitrogen and oxygen atoms in total. The van der Waals surface area contributed by atoms with Gasteiger partial charge in [-0.25, -0.2) is 14.6 Å². The molecule has 0 spiro atoms. The van der Waals surface area contributed by atoms with Crippen LogP contribution >= 0.6 is 0 Å². The molecule has 2 aromatic carbocycles. The van der Waals surface area contributed by atoms with Gasteiger partial charge >= 0.3 is 24.4 Å². The summed E-state index contributed by atoms with van der Waals surface area (Å²) in [4.78, 5) is 70.6. The van der Waals surface area contributed by atoms with Crippen LogP contribution in [0.1, 0.15) is 64.5 Å². The molecule has 2 aromatic rings. The van der Waals surface area contributed by atoms with Crippen molar-refractivity contribution in [3.8, 4) is 0 Å². The predicted molar refractivity (Wildman–Crippen MR) is 174 cm³/mol. The van der Waals surface area contributed by atoms with E-state index >= 15 is 0 Å². The number of nitrogens with one attached hydrogen (secondary N) is 2. The van der Waals surface area contributed by atoms with Crippen molar-refractivity contribution in [3.63, 3.8) is 0 Å². The quantitative estimate of drug-likeness (QED) is 0.189. The van der Waals surface area contributed by atoms with E-state index in [1.165, 1.54) is 13.0 Å². The molecule has 18 heteroatoms. The fourth-order valence-corrected chi connectivity index (χ4v) is 5.22. The number of carbonyl (C=O) groups excluding carboxylic acids is 5. The fraction of sp³-hybridized carbons (Fsp3) is 0.471. The molecular formula is C34H39F6N5O7. The minimum Gasteiger partial charge on any atom is -0.444 e. The lowest BCUT2D eigenvalue weighted by molar-refractivity contribution is -0.152. The highest BCUT2D eigenvalue weighted by atomic mass is 19.4. The van der Waals surface area contributed by atoms with E-state index in [1.807, 2.05) is 0 Å². The zero-order valence-electron chi connectivity index (χ0n) is 28.6. The number of ether oxygens (including phenoxy) is 2. The standard InChI is InChI=1S/C34H39F6N5O7/c1-19(42-31(50)52-32(2,3)4)30(49)51-18-45-24-13-9-8-12-23(24)25(20-10-6-5-7-11-20)43-27(29(45)48)44-28(47)22(15-17-34(38,39)40)21(26(41)46)14-16-33(35,36)37/h5-13,19,21-22,27H,14-18H2,1-4H3,(H2,41,46)(H,42,50)(H,44,47)/t19?,21-,22+,27+/m0/s1. The van der Waals surface area contributed by atoms with E-state index < -0.39 is 104 Å². The Labute approximate surface area is 295 Å². The number of halogens is 6. The van der Waals surface area contributed by atoms with E-state index in [2.05, 4.69) is 15.6 Å². The Morgan fingerprint density at radius 3 is 2.00 bits per heavy atom. The van der Waals surface area contributed by atoms with Crippen molar-refractivity contribution in [2.45, 2.75) is 83.5 Å². The van der Waals surface area contributed by atoms with E-state index in [1.54, 1.807) is 69.3 Å². The second-order valence-electron chi connectivity index (χ2n) is 12.9. The van der Waals surface area contributed by atoms with Crippen LogP contribution in [0.5, 0.6) is 0 Å². The van der Waals surface area contributed by atoms with Crippen molar-refractivity contribution in [1.29, 1.82) is 0 Å². The van der Waals surface area contributed by atoms with E-state index in [0.717, 1.165) is 4.90 Å². The van der Waals surface area contributed by atoms with Gasteiger partial charge in [-0.05, 0) is 46.6 Å². The van der Waals surface area contributed by atoms with E-state index in [9.17, 15) is 50.3 Å². The Kier molecular flexibility index (Phi) is 13.4. The van der Waals surface area contributed by atoms with Crippen LogP contribution in [-0.4, -0.2) is 72.4 Å². The van der Waals surface area contributed by atoms with Crippen LogP contribution in [0.4, 0.5) is 36.8 Å². The van der Waals surface area contributed by atoms with Gasteiger partial charge in [0.25, 0.3) is 5.91 Å². The Hall–Kier alpha value is -5.16. The van der Waals surface area contributed by atoms with Gasteiger partial charge in [-0.1, -0.05) is 48.5 Å². The first-order valence-corrected chi connectivity index (χ1v) is 16.0. The predicted octanol–water partition coefficient (Wildman–Crippen LogP) is 5.13. The zero-order chi connectivity index (χ0) is 39.0. The number of nitrogens with zero attached hydrogens (tertiary/aromatic N) is 2. The molecule has 0 fully saturated rings. The number of nitrogens with two attached hydrogens (primary N) is 1. The third-order valence-corrected chi connectivity index (χ3v) is 7.62. The molecule has 1 heterocycles. The monoisotopic (exact) mass is 743 g/mol. The lowest BCUT2D eigenvalue weighted by atomic mass is 9.83. The van der Waals surface area contributed by atoms with Gasteiger partial charge < -0.3 is 25.8 Å². The molecule has 4 atom stereocenters. The number of benzene rings is 2. The summed E-state index contributed by atoms with van der Waals surface area (Å²) in [5.74, 6) is -8.93. The van der Waals surface area contributed by atoms with Gasteiger partial charge in [0.2, 0.25) is 18.0 Å². The smallest absolute Gasteiger partial charge is 0.408 e.